The van der Waals surface area contributed by atoms with Gasteiger partial charge >= 0.3 is 5.97 Å². The van der Waals surface area contributed by atoms with Crippen LogP contribution in [0.5, 0.6) is 5.75 Å². The van der Waals surface area contributed by atoms with Crippen molar-refractivity contribution in [1.29, 1.82) is 0 Å². The van der Waals surface area contributed by atoms with Crippen LogP contribution in [0, 0.1) is 6.92 Å². The SMILES string of the molecule is COC(=O)COc1ccc(C)cc1[C@@H](C)O. The van der Waals surface area contributed by atoms with Crippen LogP contribution in [0.1, 0.15) is 24.2 Å². The Balaban J connectivity index is 2.82. The first-order chi connectivity index (χ1) is 7.54. The molecule has 0 heterocycles. The number of carbonyl (C=O) groups excluding carboxylic acids is 1. The van der Waals surface area contributed by atoms with Gasteiger partial charge in [0, 0.05) is 5.56 Å². The molecule has 1 aromatic rings. The number of aliphatic hydroxyl groups excluding tert-OH is 1. The van der Waals surface area contributed by atoms with E-state index in [1.54, 1.807) is 13.0 Å². The van der Waals surface area contributed by atoms with Crippen molar-refractivity contribution in [3.63, 3.8) is 0 Å². The van der Waals surface area contributed by atoms with E-state index >= 15 is 0 Å². The molecule has 0 amide bonds. The van der Waals surface area contributed by atoms with Gasteiger partial charge in [0.05, 0.1) is 13.2 Å². The molecule has 0 bridgehead atoms. The summed E-state index contributed by atoms with van der Waals surface area (Å²) in [4.78, 5) is 10.9. The predicted octanol–water partition coefficient (Wildman–Crippen LogP) is 1.60. The zero-order valence-electron chi connectivity index (χ0n) is 9.69. The molecule has 0 aromatic heterocycles. The standard InChI is InChI=1S/C12H16O4/c1-8-4-5-11(10(6-8)9(2)13)16-7-12(14)15-3/h4-6,9,13H,7H2,1-3H3/t9-/m1/s1. The van der Waals surface area contributed by atoms with E-state index in [1.807, 2.05) is 19.1 Å². The fourth-order valence-corrected chi connectivity index (χ4v) is 1.32. The summed E-state index contributed by atoms with van der Waals surface area (Å²) in [6.45, 7) is 3.43. The number of hydrogen-bond acceptors (Lipinski definition) is 4. The number of aliphatic hydroxyl groups is 1. The van der Waals surface area contributed by atoms with Crippen LogP contribution in [0.4, 0.5) is 0 Å². The number of rotatable bonds is 4. The average molecular weight is 224 g/mol. The van der Waals surface area contributed by atoms with Gasteiger partial charge in [-0.1, -0.05) is 11.6 Å². The van der Waals surface area contributed by atoms with Gasteiger partial charge in [0.15, 0.2) is 6.61 Å². The molecule has 16 heavy (non-hydrogen) atoms. The predicted molar refractivity (Wildman–Crippen MR) is 59.3 cm³/mol. The van der Waals surface area contributed by atoms with Gasteiger partial charge in [-0.25, -0.2) is 4.79 Å². The first-order valence-corrected chi connectivity index (χ1v) is 5.03. The maximum Gasteiger partial charge on any atom is 0.343 e. The van der Waals surface area contributed by atoms with Gasteiger partial charge in [-0.2, -0.15) is 0 Å². The number of benzene rings is 1. The van der Waals surface area contributed by atoms with Crippen LogP contribution >= 0.6 is 0 Å². The third kappa shape index (κ3) is 3.24. The van der Waals surface area contributed by atoms with Crippen LogP contribution in [0.15, 0.2) is 18.2 Å². The van der Waals surface area contributed by atoms with E-state index in [0.717, 1.165) is 5.56 Å². The minimum Gasteiger partial charge on any atom is -0.482 e. The van der Waals surface area contributed by atoms with Crippen LogP contribution in [-0.2, 0) is 9.53 Å². The largest absolute Gasteiger partial charge is 0.482 e. The molecule has 0 saturated heterocycles. The van der Waals surface area contributed by atoms with E-state index < -0.39 is 12.1 Å². The Bertz CT molecular complexity index is 371. The molecule has 0 aliphatic rings. The second kappa shape index (κ2) is 5.51. The summed E-state index contributed by atoms with van der Waals surface area (Å²) < 4.78 is 9.74. The quantitative estimate of drug-likeness (QED) is 0.789. The second-order valence-electron chi connectivity index (χ2n) is 3.58. The highest BCUT2D eigenvalue weighted by Crippen LogP contribution is 2.26. The van der Waals surface area contributed by atoms with Crippen LogP contribution in [0.3, 0.4) is 0 Å². The first kappa shape index (κ1) is 12.5. The summed E-state index contributed by atoms with van der Waals surface area (Å²) in [5.74, 6) is 0.0584. The number of methoxy groups -OCH3 is 1. The van der Waals surface area contributed by atoms with Gasteiger partial charge in [-0.15, -0.1) is 0 Å². The van der Waals surface area contributed by atoms with Gasteiger partial charge in [0.25, 0.3) is 0 Å². The lowest BCUT2D eigenvalue weighted by Crippen LogP contribution is -2.13. The minimum atomic E-state index is -0.632. The van der Waals surface area contributed by atoms with Crippen molar-refractivity contribution >= 4 is 5.97 Å². The molecule has 1 atom stereocenters. The Hall–Kier alpha value is -1.55. The van der Waals surface area contributed by atoms with Gasteiger partial charge in [-0.3, -0.25) is 0 Å². The van der Waals surface area contributed by atoms with Gasteiger partial charge in [-0.05, 0) is 26.0 Å². The molecule has 88 valence electrons. The Morgan fingerprint density at radius 2 is 2.19 bits per heavy atom. The molecule has 0 saturated carbocycles. The Kier molecular flexibility index (Phi) is 4.31. The second-order valence-corrected chi connectivity index (χ2v) is 3.58. The molecule has 0 fully saturated rings. The third-order valence-corrected chi connectivity index (χ3v) is 2.19. The van der Waals surface area contributed by atoms with Gasteiger partial charge < -0.3 is 14.6 Å². The molecule has 4 nitrogen and oxygen atoms in total. The molecule has 1 N–H and O–H groups in total. The molecular weight excluding hydrogens is 208 g/mol. The Morgan fingerprint density at radius 3 is 2.75 bits per heavy atom. The molecule has 0 aliphatic heterocycles. The van der Waals surface area contributed by atoms with Gasteiger partial charge in [0.1, 0.15) is 5.75 Å². The van der Waals surface area contributed by atoms with E-state index in [9.17, 15) is 9.90 Å². The van der Waals surface area contributed by atoms with Crippen molar-refractivity contribution in [2.45, 2.75) is 20.0 Å². The molecule has 4 heteroatoms. The van der Waals surface area contributed by atoms with Crippen molar-refractivity contribution in [2.24, 2.45) is 0 Å². The molecule has 0 unspecified atom stereocenters. The maximum absolute atomic E-state index is 10.9. The van der Waals surface area contributed by atoms with Crippen LogP contribution in [-0.4, -0.2) is 24.8 Å². The zero-order chi connectivity index (χ0) is 12.1. The van der Waals surface area contributed by atoms with Crippen molar-refractivity contribution < 1.29 is 19.4 Å². The molecule has 0 aliphatic carbocycles. The van der Waals surface area contributed by atoms with Crippen LogP contribution in [0.25, 0.3) is 0 Å². The van der Waals surface area contributed by atoms with Crippen molar-refractivity contribution in [2.75, 3.05) is 13.7 Å². The Labute approximate surface area is 94.8 Å². The van der Waals surface area contributed by atoms with Crippen molar-refractivity contribution in [3.05, 3.63) is 29.3 Å². The summed E-state index contributed by atoms with van der Waals surface area (Å²) in [7, 11) is 1.30. The number of ether oxygens (including phenoxy) is 2. The zero-order valence-corrected chi connectivity index (χ0v) is 9.69. The number of esters is 1. The monoisotopic (exact) mass is 224 g/mol. The van der Waals surface area contributed by atoms with E-state index in [2.05, 4.69) is 4.74 Å². The average Bonchev–Trinajstić information content (AvgIpc) is 2.26. The van der Waals surface area contributed by atoms with Gasteiger partial charge in [0.2, 0.25) is 0 Å². The van der Waals surface area contributed by atoms with E-state index in [0.29, 0.717) is 11.3 Å². The first-order valence-electron chi connectivity index (χ1n) is 5.03. The molecule has 1 aromatic carbocycles. The normalized spacial score (nSPS) is 12.0. The van der Waals surface area contributed by atoms with E-state index in [1.165, 1.54) is 7.11 Å². The summed E-state index contributed by atoms with van der Waals surface area (Å²) >= 11 is 0. The minimum absolute atomic E-state index is 0.153. The van der Waals surface area contributed by atoms with Crippen LogP contribution < -0.4 is 4.74 Å². The Morgan fingerprint density at radius 1 is 1.50 bits per heavy atom. The molecule has 1 rings (SSSR count). The summed E-state index contributed by atoms with van der Waals surface area (Å²) in [5, 5.41) is 9.56. The maximum atomic E-state index is 10.9. The molecule has 0 spiro atoms. The highest BCUT2D eigenvalue weighted by Gasteiger charge is 2.11. The third-order valence-electron chi connectivity index (χ3n) is 2.19. The van der Waals surface area contributed by atoms with E-state index in [4.69, 9.17) is 4.74 Å². The molecular formula is C12H16O4. The lowest BCUT2D eigenvalue weighted by molar-refractivity contribution is -0.142. The fraction of sp³-hybridized carbons (Fsp3) is 0.417. The highest BCUT2D eigenvalue weighted by atomic mass is 16.6. The smallest absolute Gasteiger partial charge is 0.343 e. The van der Waals surface area contributed by atoms with E-state index in [-0.39, 0.29) is 6.61 Å². The van der Waals surface area contributed by atoms with Crippen molar-refractivity contribution in [3.8, 4) is 5.75 Å². The highest BCUT2D eigenvalue weighted by molar-refractivity contribution is 5.70. The van der Waals surface area contributed by atoms with Crippen LogP contribution in [0.2, 0.25) is 0 Å². The fourth-order valence-electron chi connectivity index (χ4n) is 1.32. The van der Waals surface area contributed by atoms with Crippen molar-refractivity contribution in [1.82, 2.24) is 0 Å². The number of hydrogen-bond donors (Lipinski definition) is 1. The lowest BCUT2D eigenvalue weighted by atomic mass is 10.1. The summed E-state index contributed by atoms with van der Waals surface area (Å²) in [6.07, 6.45) is -0.632. The lowest BCUT2D eigenvalue weighted by Gasteiger charge is -2.13. The number of carbonyl (C=O) groups is 1. The molecule has 0 radical (unpaired) electrons. The topological polar surface area (TPSA) is 55.8 Å². The summed E-state index contributed by atoms with van der Waals surface area (Å²) in [6, 6.07) is 5.43. The summed E-state index contributed by atoms with van der Waals surface area (Å²) in [5.41, 5.74) is 1.70. The number of aryl methyl sites for hydroxylation is 1.